The van der Waals surface area contributed by atoms with Gasteiger partial charge < -0.3 is 4.74 Å². The molecule has 0 bridgehead atoms. The third-order valence-electron chi connectivity index (χ3n) is 5.08. The van der Waals surface area contributed by atoms with E-state index in [0.29, 0.717) is 37.7 Å². The number of sulfonamides is 1. The van der Waals surface area contributed by atoms with Crippen LogP contribution in [0.1, 0.15) is 16.7 Å². The molecule has 1 aliphatic heterocycles. The number of pyridine rings is 1. The first-order valence-electron chi connectivity index (χ1n) is 9.80. The van der Waals surface area contributed by atoms with E-state index in [4.69, 9.17) is 4.74 Å². The van der Waals surface area contributed by atoms with Gasteiger partial charge in [0, 0.05) is 30.8 Å². The van der Waals surface area contributed by atoms with E-state index < -0.39 is 10.0 Å². The van der Waals surface area contributed by atoms with Crippen molar-refractivity contribution >= 4 is 10.0 Å². The number of benzene rings is 2. The molecule has 0 aliphatic carbocycles. The van der Waals surface area contributed by atoms with Gasteiger partial charge in [-0.1, -0.05) is 42.5 Å². The standard InChI is InChI=1S/C23H25N2O3S/c26-29(27,25-13-15-28-16-14-25)23-8-4-7-22(18-23)19-24-11-9-21(10-12-24)17-20-5-2-1-3-6-20/h1-12,18H,13-17,19H2/q+1. The minimum absolute atomic E-state index is 0.346. The molecule has 3 aromatic rings. The molecule has 0 spiro atoms. The number of hydrogen-bond acceptors (Lipinski definition) is 3. The van der Waals surface area contributed by atoms with Gasteiger partial charge in [0.05, 0.1) is 18.1 Å². The van der Waals surface area contributed by atoms with Gasteiger partial charge in [0.15, 0.2) is 18.9 Å². The van der Waals surface area contributed by atoms with Crippen molar-refractivity contribution in [2.45, 2.75) is 17.9 Å². The molecule has 2 heterocycles. The fourth-order valence-electron chi connectivity index (χ4n) is 3.49. The molecule has 6 heteroatoms. The van der Waals surface area contributed by atoms with E-state index in [1.807, 2.05) is 30.6 Å². The molecule has 4 rings (SSSR count). The Morgan fingerprint density at radius 2 is 1.48 bits per heavy atom. The summed E-state index contributed by atoms with van der Waals surface area (Å²) in [4.78, 5) is 0.346. The Hall–Kier alpha value is -2.54. The maximum absolute atomic E-state index is 12.9. The van der Waals surface area contributed by atoms with E-state index in [1.165, 1.54) is 15.4 Å². The summed E-state index contributed by atoms with van der Waals surface area (Å²) >= 11 is 0. The Morgan fingerprint density at radius 1 is 0.828 bits per heavy atom. The van der Waals surface area contributed by atoms with E-state index in [1.54, 1.807) is 12.1 Å². The highest BCUT2D eigenvalue weighted by Crippen LogP contribution is 2.18. The van der Waals surface area contributed by atoms with Crippen LogP contribution in [0, 0.1) is 0 Å². The minimum atomic E-state index is -3.47. The van der Waals surface area contributed by atoms with Crippen LogP contribution in [-0.4, -0.2) is 39.0 Å². The number of ether oxygens (including phenoxy) is 1. The van der Waals surface area contributed by atoms with Crippen molar-refractivity contribution in [1.29, 1.82) is 0 Å². The van der Waals surface area contributed by atoms with Crippen molar-refractivity contribution in [3.05, 3.63) is 95.8 Å². The monoisotopic (exact) mass is 409 g/mol. The van der Waals surface area contributed by atoms with Crippen LogP contribution in [0.15, 0.2) is 84.0 Å². The lowest BCUT2D eigenvalue weighted by Crippen LogP contribution is -2.40. The SMILES string of the molecule is O=S(=O)(c1cccc(C[n+]2ccc(Cc3ccccc3)cc2)c1)N1CCOCC1. The normalized spacial score (nSPS) is 15.3. The first-order chi connectivity index (χ1) is 14.1. The lowest BCUT2D eigenvalue weighted by atomic mass is 10.1. The second-order valence-corrected chi connectivity index (χ2v) is 9.14. The molecular formula is C23H25N2O3S+. The summed E-state index contributed by atoms with van der Waals surface area (Å²) in [6.07, 6.45) is 4.98. The van der Waals surface area contributed by atoms with Crippen LogP contribution in [-0.2, 0) is 27.7 Å². The van der Waals surface area contributed by atoms with Gasteiger partial charge in [0.1, 0.15) is 0 Å². The maximum Gasteiger partial charge on any atom is 0.243 e. The Balaban J connectivity index is 1.46. The van der Waals surface area contributed by atoms with E-state index in [2.05, 4.69) is 41.0 Å². The fraction of sp³-hybridized carbons (Fsp3) is 0.261. The summed E-state index contributed by atoms with van der Waals surface area (Å²) in [5.74, 6) is 0. The van der Waals surface area contributed by atoms with E-state index >= 15 is 0 Å². The highest BCUT2D eigenvalue weighted by atomic mass is 32.2. The van der Waals surface area contributed by atoms with E-state index in [9.17, 15) is 8.42 Å². The summed E-state index contributed by atoms with van der Waals surface area (Å²) in [5, 5.41) is 0. The zero-order chi connectivity index (χ0) is 20.1. The van der Waals surface area contributed by atoms with Gasteiger partial charge in [0.25, 0.3) is 0 Å². The van der Waals surface area contributed by atoms with Crippen LogP contribution in [0.5, 0.6) is 0 Å². The van der Waals surface area contributed by atoms with Crippen LogP contribution >= 0.6 is 0 Å². The highest BCUT2D eigenvalue weighted by Gasteiger charge is 2.26. The van der Waals surface area contributed by atoms with Crippen LogP contribution in [0.3, 0.4) is 0 Å². The first kappa shape index (κ1) is 19.8. The molecular weight excluding hydrogens is 384 g/mol. The zero-order valence-electron chi connectivity index (χ0n) is 16.3. The number of aromatic nitrogens is 1. The Kier molecular flexibility index (Phi) is 6.04. The summed E-state index contributed by atoms with van der Waals surface area (Å²) in [6, 6.07) is 21.8. The molecule has 0 unspecified atom stereocenters. The number of hydrogen-bond donors (Lipinski definition) is 0. The topological polar surface area (TPSA) is 50.5 Å². The van der Waals surface area contributed by atoms with Crippen LogP contribution in [0.2, 0.25) is 0 Å². The van der Waals surface area contributed by atoms with Gasteiger partial charge in [0.2, 0.25) is 10.0 Å². The summed E-state index contributed by atoms with van der Waals surface area (Å²) in [7, 11) is -3.47. The van der Waals surface area contributed by atoms with E-state index in [-0.39, 0.29) is 0 Å². The van der Waals surface area contributed by atoms with Crippen LogP contribution in [0.25, 0.3) is 0 Å². The van der Waals surface area contributed by atoms with E-state index in [0.717, 1.165) is 12.0 Å². The van der Waals surface area contributed by atoms with Gasteiger partial charge in [-0.2, -0.15) is 4.31 Å². The summed E-state index contributed by atoms with van der Waals surface area (Å²) in [6.45, 7) is 2.33. The molecule has 0 N–H and O–H groups in total. The summed E-state index contributed by atoms with van der Waals surface area (Å²) in [5.41, 5.74) is 3.49. The minimum Gasteiger partial charge on any atom is -0.379 e. The quantitative estimate of drug-likeness (QED) is 0.588. The third kappa shape index (κ3) is 4.90. The molecule has 150 valence electrons. The third-order valence-corrected chi connectivity index (χ3v) is 6.98. The molecule has 0 saturated carbocycles. The molecule has 5 nitrogen and oxygen atoms in total. The van der Waals surface area contributed by atoms with Crippen molar-refractivity contribution in [2.24, 2.45) is 0 Å². The van der Waals surface area contributed by atoms with Gasteiger partial charge >= 0.3 is 0 Å². The fourth-order valence-corrected chi connectivity index (χ4v) is 4.97. The van der Waals surface area contributed by atoms with Gasteiger partial charge in [-0.3, -0.25) is 0 Å². The average Bonchev–Trinajstić information content (AvgIpc) is 2.77. The molecule has 0 radical (unpaired) electrons. The van der Waals surface area contributed by atoms with Gasteiger partial charge in [-0.15, -0.1) is 0 Å². The first-order valence-corrected chi connectivity index (χ1v) is 11.2. The lowest BCUT2D eigenvalue weighted by molar-refractivity contribution is -0.688. The van der Waals surface area contributed by atoms with Crippen molar-refractivity contribution in [3.63, 3.8) is 0 Å². The molecule has 2 aromatic carbocycles. The second-order valence-electron chi connectivity index (χ2n) is 7.20. The number of rotatable bonds is 6. The van der Waals surface area contributed by atoms with Crippen molar-refractivity contribution in [3.8, 4) is 0 Å². The molecule has 0 amide bonds. The largest absolute Gasteiger partial charge is 0.379 e. The zero-order valence-corrected chi connectivity index (χ0v) is 17.1. The van der Waals surface area contributed by atoms with Gasteiger partial charge in [-0.25, -0.2) is 13.0 Å². The van der Waals surface area contributed by atoms with Crippen LogP contribution < -0.4 is 4.57 Å². The van der Waals surface area contributed by atoms with Crippen molar-refractivity contribution in [2.75, 3.05) is 26.3 Å². The van der Waals surface area contributed by atoms with Crippen molar-refractivity contribution < 1.29 is 17.7 Å². The molecule has 0 atom stereocenters. The predicted molar refractivity (Wildman–Crippen MR) is 111 cm³/mol. The molecule has 29 heavy (non-hydrogen) atoms. The Morgan fingerprint density at radius 3 is 2.21 bits per heavy atom. The average molecular weight is 410 g/mol. The number of nitrogens with zero attached hydrogens (tertiary/aromatic N) is 2. The predicted octanol–water partition coefficient (Wildman–Crippen LogP) is 2.63. The lowest BCUT2D eigenvalue weighted by Gasteiger charge is -2.26. The Bertz CT molecular complexity index is 1040. The molecule has 1 saturated heterocycles. The Labute approximate surface area is 172 Å². The molecule has 1 aliphatic rings. The highest BCUT2D eigenvalue weighted by molar-refractivity contribution is 7.89. The van der Waals surface area contributed by atoms with Crippen molar-refractivity contribution in [1.82, 2.24) is 4.31 Å². The maximum atomic E-state index is 12.9. The number of morpholine rings is 1. The smallest absolute Gasteiger partial charge is 0.243 e. The second kappa shape index (κ2) is 8.86. The van der Waals surface area contributed by atoms with Gasteiger partial charge in [-0.05, 0) is 29.7 Å². The summed E-state index contributed by atoms with van der Waals surface area (Å²) < 4.78 is 34.6. The molecule has 1 aromatic heterocycles. The molecule has 1 fully saturated rings. The van der Waals surface area contributed by atoms with Crippen LogP contribution in [0.4, 0.5) is 0 Å².